The van der Waals surface area contributed by atoms with Gasteiger partial charge in [0.1, 0.15) is 23.2 Å². The number of rotatable bonds is 6. The second kappa shape index (κ2) is 8.52. The Morgan fingerprint density at radius 2 is 1.89 bits per heavy atom. The SMILES string of the molecule is CC(C(=O)N1CCN(Cc2ccco2)CC1)n1nc(C(F)F)c(Cl)c1C(F)F. The first-order valence-electron chi connectivity index (χ1n) is 8.67. The number of halogens is 5. The number of hydrogen-bond donors (Lipinski definition) is 0. The molecule has 2 aromatic heterocycles. The molecule has 0 saturated carbocycles. The average molecular weight is 423 g/mol. The molecule has 3 rings (SSSR count). The van der Waals surface area contributed by atoms with E-state index in [1.54, 1.807) is 12.3 Å². The van der Waals surface area contributed by atoms with Crippen molar-refractivity contribution >= 4 is 17.5 Å². The third-order valence-corrected chi connectivity index (χ3v) is 5.08. The molecular weight excluding hydrogens is 404 g/mol. The number of hydrogen-bond acceptors (Lipinski definition) is 4. The summed E-state index contributed by atoms with van der Waals surface area (Å²) in [5, 5.41) is 2.70. The van der Waals surface area contributed by atoms with Crippen molar-refractivity contribution in [3.63, 3.8) is 0 Å². The first-order chi connectivity index (χ1) is 13.3. The normalized spacial score (nSPS) is 16.9. The minimum absolute atomic E-state index is 0.380. The van der Waals surface area contributed by atoms with Crippen LogP contribution >= 0.6 is 11.6 Å². The maximum absolute atomic E-state index is 13.3. The lowest BCUT2D eigenvalue weighted by atomic mass is 10.2. The van der Waals surface area contributed by atoms with Gasteiger partial charge in [0.15, 0.2) is 0 Å². The Labute approximate surface area is 163 Å². The monoisotopic (exact) mass is 422 g/mol. The summed E-state index contributed by atoms with van der Waals surface area (Å²) in [6, 6.07) is 2.47. The summed E-state index contributed by atoms with van der Waals surface area (Å²) in [5.41, 5.74) is -1.81. The van der Waals surface area contributed by atoms with Crippen LogP contribution in [-0.4, -0.2) is 51.7 Å². The van der Waals surface area contributed by atoms with Crippen molar-refractivity contribution in [3.05, 3.63) is 40.6 Å². The largest absolute Gasteiger partial charge is 0.468 e. The predicted octanol–water partition coefficient (Wildman–Crippen LogP) is 3.91. The standard InChI is InChI=1S/C17H19ClF4N4O2/c1-10(26-14(16(21)22)12(18)13(23-26)15(19)20)17(27)25-6-4-24(5-7-25)9-11-3-2-8-28-11/h2-3,8,10,15-16H,4-7,9H2,1H3. The molecule has 0 spiro atoms. The smallest absolute Gasteiger partial charge is 0.283 e. The second-order valence-corrected chi connectivity index (χ2v) is 6.87. The van der Waals surface area contributed by atoms with E-state index in [0.29, 0.717) is 37.4 Å². The molecular formula is C17H19ClF4N4O2. The molecule has 0 aliphatic carbocycles. The molecule has 1 amide bonds. The van der Waals surface area contributed by atoms with Crippen LogP contribution in [-0.2, 0) is 11.3 Å². The number of piperazine rings is 1. The fourth-order valence-corrected chi connectivity index (χ4v) is 3.48. The quantitative estimate of drug-likeness (QED) is 0.662. The van der Waals surface area contributed by atoms with Crippen LogP contribution in [0.2, 0.25) is 5.02 Å². The molecule has 2 aromatic rings. The highest BCUT2D eigenvalue weighted by molar-refractivity contribution is 6.32. The minimum Gasteiger partial charge on any atom is -0.468 e. The Morgan fingerprint density at radius 3 is 2.43 bits per heavy atom. The van der Waals surface area contributed by atoms with Crippen molar-refractivity contribution in [1.29, 1.82) is 0 Å². The van der Waals surface area contributed by atoms with Crippen LogP contribution in [0, 0.1) is 0 Å². The van der Waals surface area contributed by atoms with Gasteiger partial charge in [-0.15, -0.1) is 0 Å². The lowest BCUT2D eigenvalue weighted by Gasteiger charge is -2.35. The molecule has 1 aliphatic heterocycles. The van der Waals surface area contributed by atoms with E-state index in [9.17, 15) is 22.4 Å². The van der Waals surface area contributed by atoms with Gasteiger partial charge in [0.25, 0.3) is 12.9 Å². The zero-order valence-corrected chi connectivity index (χ0v) is 15.8. The van der Waals surface area contributed by atoms with Gasteiger partial charge in [-0.2, -0.15) is 5.10 Å². The van der Waals surface area contributed by atoms with E-state index in [0.717, 1.165) is 5.76 Å². The fourth-order valence-electron chi connectivity index (χ4n) is 3.19. The van der Waals surface area contributed by atoms with Gasteiger partial charge >= 0.3 is 0 Å². The first kappa shape index (κ1) is 20.7. The van der Waals surface area contributed by atoms with E-state index >= 15 is 0 Å². The maximum atomic E-state index is 13.3. The van der Waals surface area contributed by atoms with E-state index in [1.807, 2.05) is 6.07 Å². The molecule has 0 aromatic carbocycles. The zero-order chi connectivity index (χ0) is 20.4. The van der Waals surface area contributed by atoms with Crippen molar-refractivity contribution in [2.45, 2.75) is 32.4 Å². The molecule has 1 unspecified atom stereocenters. The van der Waals surface area contributed by atoms with Crippen LogP contribution in [0.3, 0.4) is 0 Å². The number of amides is 1. The molecule has 1 fully saturated rings. The van der Waals surface area contributed by atoms with Crippen molar-refractivity contribution in [3.8, 4) is 0 Å². The summed E-state index contributed by atoms with van der Waals surface area (Å²) in [5.74, 6) is 0.333. The Morgan fingerprint density at radius 1 is 1.21 bits per heavy atom. The molecule has 6 nitrogen and oxygen atoms in total. The van der Waals surface area contributed by atoms with E-state index in [4.69, 9.17) is 16.0 Å². The average Bonchev–Trinajstić information content (AvgIpc) is 3.28. The number of carbonyl (C=O) groups excluding carboxylic acids is 1. The summed E-state index contributed by atoms with van der Waals surface area (Å²) in [6.07, 6.45) is -4.66. The summed E-state index contributed by atoms with van der Waals surface area (Å²) in [4.78, 5) is 16.3. The van der Waals surface area contributed by atoms with Gasteiger partial charge in [0.2, 0.25) is 5.91 Å². The van der Waals surface area contributed by atoms with E-state index in [2.05, 4.69) is 10.00 Å². The fraction of sp³-hybridized carbons (Fsp3) is 0.529. The van der Waals surface area contributed by atoms with Crippen molar-refractivity contribution in [1.82, 2.24) is 19.6 Å². The molecule has 154 valence electrons. The van der Waals surface area contributed by atoms with Crippen LogP contribution < -0.4 is 0 Å². The van der Waals surface area contributed by atoms with Gasteiger partial charge in [0.05, 0.1) is 17.8 Å². The molecule has 11 heteroatoms. The van der Waals surface area contributed by atoms with Crippen molar-refractivity contribution in [2.75, 3.05) is 26.2 Å². The number of aromatic nitrogens is 2. The van der Waals surface area contributed by atoms with Gasteiger partial charge in [0, 0.05) is 26.2 Å². The third kappa shape index (κ3) is 4.17. The van der Waals surface area contributed by atoms with Gasteiger partial charge in [-0.3, -0.25) is 9.69 Å². The Bertz CT molecular complexity index is 804. The van der Waals surface area contributed by atoms with E-state index in [1.165, 1.54) is 11.8 Å². The summed E-state index contributed by atoms with van der Waals surface area (Å²) in [7, 11) is 0. The van der Waals surface area contributed by atoms with Gasteiger partial charge in [-0.05, 0) is 19.1 Å². The van der Waals surface area contributed by atoms with Crippen molar-refractivity contribution < 1.29 is 26.8 Å². The zero-order valence-electron chi connectivity index (χ0n) is 15.0. The summed E-state index contributed by atoms with van der Waals surface area (Å²) >= 11 is 5.66. The van der Waals surface area contributed by atoms with Crippen LogP contribution in [0.25, 0.3) is 0 Å². The number of nitrogens with zero attached hydrogens (tertiary/aromatic N) is 4. The molecule has 0 radical (unpaired) electrons. The number of furan rings is 1. The Balaban J connectivity index is 1.69. The lowest BCUT2D eigenvalue weighted by Crippen LogP contribution is -2.50. The number of alkyl halides is 4. The van der Waals surface area contributed by atoms with Gasteiger partial charge < -0.3 is 9.32 Å². The highest BCUT2D eigenvalue weighted by Gasteiger charge is 2.34. The topological polar surface area (TPSA) is 54.5 Å². The molecule has 0 N–H and O–H groups in total. The van der Waals surface area contributed by atoms with Gasteiger partial charge in [-0.25, -0.2) is 22.2 Å². The van der Waals surface area contributed by atoms with Crippen LogP contribution in [0.5, 0.6) is 0 Å². The third-order valence-electron chi connectivity index (χ3n) is 4.69. The highest BCUT2D eigenvalue weighted by atomic mass is 35.5. The Kier molecular flexibility index (Phi) is 6.29. The van der Waals surface area contributed by atoms with Crippen LogP contribution in [0.1, 0.15) is 43.0 Å². The summed E-state index contributed by atoms with van der Waals surface area (Å²) < 4.78 is 58.6. The Hall–Kier alpha value is -2.07. The molecule has 1 atom stereocenters. The number of carbonyl (C=O) groups is 1. The van der Waals surface area contributed by atoms with Gasteiger partial charge in [-0.1, -0.05) is 11.6 Å². The summed E-state index contributed by atoms with van der Waals surface area (Å²) in [6.45, 7) is 3.86. The molecule has 3 heterocycles. The highest BCUT2D eigenvalue weighted by Crippen LogP contribution is 2.36. The molecule has 1 aliphatic rings. The molecule has 0 bridgehead atoms. The van der Waals surface area contributed by atoms with Crippen LogP contribution in [0.4, 0.5) is 17.6 Å². The van der Waals surface area contributed by atoms with E-state index in [-0.39, 0.29) is 0 Å². The first-order valence-corrected chi connectivity index (χ1v) is 9.05. The van der Waals surface area contributed by atoms with Crippen LogP contribution in [0.15, 0.2) is 22.8 Å². The van der Waals surface area contributed by atoms with E-state index < -0.39 is 41.2 Å². The lowest BCUT2D eigenvalue weighted by molar-refractivity contribution is -0.136. The van der Waals surface area contributed by atoms with Crippen molar-refractivity contribution in [2.24, 2.45) is 0 Å². The molecule has 28 heavy (non-hydrogen) atoms. The second-order valence-electron chi connectivity index (χ2n) is 6.49. The minimum atomic E-state index is -3.13. The predicted molar refractivity (Wildman–Crippen MR) is 92.4 cm³/mol. The molecule has 1 saturated heterocycles. The maximum Gasteiger partial charge on any atom is 0.283 e.